The lowest BCUT2D eigenvalue weighted by Gasteiger charge is -2.33. The molecule has 1 amide bonds. The molecule has 2 fully saturated rings. The first kappa shape index (κ1) is 15.6. The lowest BCUT2D eigenvalue weighted by Crippen LogP contribution is -2.40. The van der Waals surface area contributed by atoms with Crippen molar-refractivity contribution in [1.29, 1.82) is 0 Å². The van der Waals surface area contributed by atoms with Crippen molar-refractivity contribution in [3.8, 4) is 0 Å². The Labute approximate surface area is 140 Å². The zero-order chi connectivity index (χ0) is 16.6. The Bertz CT molecular complexity index is 743. The van der Waals surface area contributed by atoms with Crippen LogP contribution in [0.4, 0.5) is 0 Å². The maximum atomic E-state index is 12.5. The van der Waals surface area contributed by atoms with Crippen LogP contribution in [0.5, 0.6) is 0 Å². The molecular formula is C18H22N2O4. The highest BCUT2D eigenvalue weighted by molar-refractivity contribution is 5.96. The molecule has 3 heterocycles. The van der Waals surface area contributed by atoms with E-state index in [1.807, 2.05) is 18.2 Å². The first-order valence-electron chi connectivity index (χ1n) is 8.50. The molecule has 0 spiro atoms. The summed E-state index contributed by atoms with van der Waals surface area (Å²) in [6, 6.07) is 7.47. The smallest absolute Gasteiger partial charge is 0.289 e. The number of furan rings is 1. The van der Waals surface area contributed by atoms with Gasteiger partial charge in [0.1, 0.15) is 5.58 Å². The molecule has 1 aromatic heterocycles. The topological polar surface area (TPSA) is 74.9 Å². The molecule has 0 saturated carbocycles. The highest BCUT2D eigenvalue weighted by atomic mass is 16.5. The van der Waals surface area contributed by atoms with E-state index in [4.69, 9.17) is 9.15 Å². The minimum Gasteiger partial charge on any atom is -0.451 e. The Morgan fingerprint density at radius 1 is 1.17 bits per heavy atom. The first-order valence-corrected chi connectivity index (χ1v) is 8.50. The second-order valence-electron chi connectivity index (χ2n) is 6.55. The number of piperidine rings is 1. The number of benzene rings is 1. The molecule has 2 N–H and O–H groups in total. The number of hydrogen-bond acceptors (Lipinski definition) is 5. The molecule has 2 aliphatic rings. The van der Waals surface area contributed by atoms with Crippen LogP contribution in [0, 0.1) is 0 Å². The number of aliphatic hydroxyl groups is 1. The normalized spacial score (nSPS) is 21.1. The highest BCUT2D eigenvalue weighted by Gasteiger charge is 2.31. The van der Waals surface area contributed by atoms with Gasteiger partial charge in [-0.25, -0.2) is 0 Å². The van der Waals surface area contributed by atoms with Crippen molar-refractivity contribution in [2.24, 2.45) is 0 Å². The Morgan fingerprint density at radius 2 is 1.92 bits per heavy atom. The average molecular weight is 330 g/mol. The van der Waals surface area contributed by atoms with Crippen molar-refractivity contribution in [3.63, 3.8) is 0 Å². The third-order valence-corrected chi connectivity index (χ3v) is 4.99. The molecule has 6 heteroatoms. The number of ether oxygens (including phenoxy) is 1. The highest BCUT2D eigenvalue weighted by Crippen LogP contribution is 2.33. The molecule has 0 radical (unpaired) electrons. The summed E-state index contributed by atoms with van der Waals surface area (Å²) in [5.74, 6) is 0.248. The van der Waals surface area contributed by atoms with E-state index in [-0.39, 0.29) is 5.91 Å². The van der Waals surface area contributed by atoms with Gasteiger partial charge in [-0.1, -0.05) is 6.07 Å². The van der Waals surface area contributed by atoms with Crippen LogP contribution in [-0.4, -0.2) is 55.3 Å². The summed E-state index contributed by atoms with van der Waals surface area (Å²) in [6.07, 6.45) is 1.38. The molecule has 0 unspecified atom stereocenters. The van der Waals surface area contributed by atoms with E-state index in [2.05, 4.69) is 5.32 Å². The number of morpholine rings is 1. The maximum Gasteiger partial charge on any atom is 0.289 e. The van der Waals surface area contributed by atoms with E-state index in [0.29, 0.717) is 50.5 Å². The Balaban J connectivity index is 1.62. The van der Waals surface area contributed by atoms with Crippen molar-refractivity contribution < 1.29 is 19.1 Å². The van der Waals surface area contributed by atoms with Gasteiger partial charge in [0, 0.05) is 18.5 Å². The number of nitrogens with one attached hydrogen (secondary N) is 1. The van der Waals surface area contributed by atoms with Crippen LogP contribution in [0.1, 0.15) is 29.0 Å². The number of nitrogens with zero attached hydrogens (tertiary/aromatic N) is 1. The third-order valence-electron chi connectivity index (χ3n) is 4.99. The zero-order valence-electron chi connectivity index (χ0n) is 13.6. The van der Waals surface area contributed by atoms with Crippen LogP contribution in [0.15, 0.2) is 28.7 Å². The van der Waals surface area contributed by atoms with Gasteiger partial charge >= 0.3 is 0 Å². The second-order valence-corrected chi connectivity index (χ2v) is 6.55. The molecule has 24 heavy (non-hydrogen) atoms. The van der Waals surface area contributed by atoms with Gasteiger partial charge in [0.25, 0.3) is 5.91 Å². The van der Waals surface area contributed by atoms with Crippen LogP contribution >= 0.6 is 0 Å². The van der Waals surface area contributed by atoms with Gasteiger partial charge in [-0.05, 0) is 49.7 Å². The fourth-order valence-electron chi connectivity index (χ4n) is 3.49. The number of amides is 1. The zero-order valence-corrected chi connectivity index (χ0v) is 13.6. The van der Waals surface area contributed by atoms with Crippen LogP contribution in [0.25, 0.3) is 11.0 Å². The summed E-state index contributed by atoms with van der Waals surface area (Å²) in [6.45, 7) is 3.93. The summed E-state index contributed by atoms with van der Waals surface area (Å²) in [5, 5.41) is 15.0. The van der Waals surface area contributed by atoms with E-state index < -0.39 is 5.60 Å². The van der Waals surface area contributed by atoms with E-state index >= 15 is 0 Å². The molecule has 2 aliphatic heterocycles. The number of carbonyl (C=O) groups excluding carboxylic acids is 1. The van der Waals surface area contributed by atoms with E-state index in [0.717, 1.165) is 24.0 Å². The predicted octanol–water partition coefficient (Wildman–Crippen LogP) is 1.48. The summed E-state index contributed by atoms with van der Waals surface area (Å²) < 4.78 is 11.0. The summed E-state index contributed by atoms with van der Waals surface area (Å²) in [5.41, 5.74) is 0.765. The molecule has 2 saturated heterocycles. The van der Waals surface area contributed by atoms with Crippen LogP contribution in [-0.2, 0) is 10.3 Å². The Hall–Kier alpha value is -1.89. The fraction of sp³-hybridized carbons (Fsp3) is 0.500. The molecule has 128 valence electrons. The van der Waals surface area contributed by atoms with Gasteiger partial charge in [-0.3, -0.25) is 4.79 Å². The van der Waals surface area contributed by atoms with E-state index in [1.165, 1.54) is 0 Å². The van der Waals surface area contributed by atoms with Gasteiger partial charge in [-0.15, -0.1) is 0 Å². The van der Waals surface area contributed by atoms with Gasteiger partial charge in [0.05, 0.1) is 18.8 Å². The molecule has 1 aromatic carbocycles. The molecule has 6 nitrogen and oxygen atoms in total. The third kappa shape index (κ3) is 2.81. The molecule has 2 aromatic rings. The fourth-order valence-corrected chi connectivity index (χ4v) is 3.49. The van der Waals surface area contributed by atoms with Gasteiger partial charge < -0.3 is 24.5 Å². The second kappa shape index (κ2) is 6.20. The average Bonchev–Trinajstić information content (AvgIpc) is 3.06. The van der Waals surface area contributed by atoms with Crippen molar-refractivity contribution in [3.05, 3.63) is 35.6 Å². The lowest BCUT2D eigenvalue weighted by atomic mass is 9.85. The number of hydrogen-bond donors (Lipinski definition) is 2. The van der Waals surface area contributed by atoms with Crippen molar-refractivity contribution in [1.82, 2.24) is 10.2 Å². The number of rotatable bonds is 2. The number of carbonyl (C=O) groups is 1. The van der Waals surface area contributed by atoms with Gasteiger partial charge in [0.2, 0.25) is 0 Å². The van der Waals surface area contributed by atoms with E-state index in [9.17, 15) is 9.90 Å². The van der Waals surface area contributed by atoms with Crippen molar-refractivity contribution in [2.45, 2.75) is 18.4 Å². The predicted molar refractivity (Wildman–Crippen MR) is 88.9 cm³/mol. The van der Waals surface area contributed by atoms with Crippen LogP contribution in [0.2, 0.25) is 0 Å². The largest absolute Gasteiger partial charge is 0.451 e. The molecule has 4 rings (SSSR count). The maximum absolute atomic E-state index is 12.5. The van der Waals surface area contributed by atoms with E-state index in [1.54, 1.807) is 11.0 Å². The quantitative estimate of drug-likeness (QED) is 0.872. The van der Waals surface area contributed by atoms with Gasteiger partial charge in [-0.2, -0.15) is 0 Å². The lowest BCUT2D eigenvalue weighted by molar-refractivity contribution is 0.00605. The standard InChI is InChI=1S/C18H22N2O4/c21-17(20-7-9-23-10-8-20)16-12-13-11-14(1-2-15(13)24-16)18(22)3-5-19-6-4-18/h1-2,11-12,19,22H,3-10H2. The molecule has 0 atom stereocenters. The summed E-state index contributed by atoms with van der Waals surface area (Å²) >= 11 is 0. The first-order chi connectivity index (χ1) is 11.7. The minimum absolute atomic E-state index is 0.100. The molecule has 0 aliphatic carbocycles. The van der Waals surface area contributed by atoms with Crippen LogP contribution in [0.3, 0.4) is 0 Å². The Kier molecular flexibility index (Phi) is 4.04. The summed E-state index contributed by atoms with van der Waals surface area (Å²) in [4.78, 5) is 14.3. The number of fused-ring (bicyclic) bond motifs is 1. The van der Waals surface area contributed by atoms with Gasteiger partial charge in [0.15, 0.2) is 5.76 Å². The molecular weight excluding hydrogens is 308 g/mol. The minimum atomic E-state index is -0.801. The molecule has 0 bridgehead atoms. The monoisotopic (exact) mass is 330 g/mol. The van der Waals surface area contributed by atoms with Crippen LogP contribution < -0.4 is 5.32 Å². The van der Waals surface area contributed by atoms with Crippen molar-refractivity contribution >= 4 is 16.9 Å². The summed E-state index contributed by atoms with van der Waals surface area (Å²) in [7, 11) is 0. The van der Waals surface area contributed by atoms with Crippen molar-refractivity contribution in [2.75, 3.05) is 39.4 Å². The Morgan fingerprint density at radius 3 is 2.67 bits per heavy atom. The SMILES string of the molecule is O=C(c1cc2cc(C3(O)CCNCC3)ccc2o1)N1CCOCC1.